The minimum atomic E-state index is -0.993. The molecule has 0 radical (unpaired) electrons. The molecular weight excluding hydrogens is 439 g/mol. The van der Waals surface area contributed by atoms with Crippen LogP contribution < -0.4 is 21.1 Å². The average molecular weight is 463 g/mol. The molecule has 32 heavy (non-hydrogen) atoms. The molecular formula is C21H24ClFN6O3. The molecule has 0 spiro atoms. The molecule has 2 aliphatic rings. The molecule has 1 unspecified atom stereocenters. The lowest BCUT2D eigenvalue weighted by Crippen LogP contribution is -2.38. The number of aliphatic hydroxyl groups is 1. The predicted molar refractivity (Wildman–Crippen MR) is 117 cm³/mol. The van der Waals surface area contributed by atoms with Gasteiger partial charge in [-0.1, -0.05) is 11.6 Å². The van der Waals surface area contributed by atoms with Gasteiger partial charge in [0.1, 0.15) is 24.0 Å². The van der Waals surface area contributed by atoms with Crippen molar-refractivity contribution in [3.63, 3.8) is 0 Å². The van der Waals surface area contributed by atoms with Crippen molar-refractivity contribution >= 4 is 29.0 Å². The Labute approximate surface area is 189 Å². The van der Waals surface area contributed by atoms with Gasteiger partial charge in [-0.15, -0.1) is 0 Å². The van der Waals surface area contributed by atoms with Crippen LogP contribution in [0.3, 0.4) is 0 Å². The topological polar surface area (TPSA) is 125 Å². The number of ether oxygens (including phenoxy) is 1. The van der Waals surface area contributed by atoms with E-state index < -0.39 is 12.0 Å². The van der Waals surface area contributed by atoms with Crippen LogP contribution in [-0.4, -0.2) is 59.0 Å². The SMILES string of the molecule is N[C@@H]1CCN(C(=O)CNCc2nccc3c2N=C(COc2ccc(F)c(Cl)c2)NC3O)C1. The summed E-state index contributed by atoms with van der Waals surface area (Å²) >= 11 is 5.78. The number of carbonyl (C=O) groups excluding carboxylic acids is 1. The van der Waals surface area contributed by atoms with E-state index in [0.717, 1.165) is 6.42 Å². The highest BCUT2D eigenvalue weighted by Gasteiger charge is 2.25. The first kappa shape index (κ1) is 22.4. The molecule has 0 aliphatic carbocycles. The minimum absolute atomic E-state index is 0.00786. The van der Waals surface area contributed by atoms with Crippen molar-refractivity contribution in [3.05, 3.63) is 52.6 Å². The van der Waals surface area contributed by atoms with Gasteiger partial charge in [-0.05, 0) is 24.6 Å². The van der Waals surface area contributed by atoms with Crippen LogP contribution >= 0.6 is 11.6 Å². The first-order chi connectivity index (χ1) is 15.4. The number of hydrogen-bond acceptors (Lipinski definition) is 8. The van der Waals surface area contributed by atoms with Gasteiger partial charge >= 0.3 is 0 Å². The first-order valence-electron chi connectivity index (χ1n) is 10.2. The molecule has 1 aromatic heterocycles. The zero-order valence-electron chi connectivity index (χ0n) is 17.2. The molecule has 3 heterocycles. The third-order valence-corrected chi connectivity index (χ3v) is 5.58. The maximum Gasteiger partial charge on any atom is 0.236 e. The van der Waals surface area contributed by atoms with Crippen molar-refractivity contribution in [2.24, 2.45) is 10.7 Å². The Morgan fingerprint density at radius 3 is 3.03 bits per heavy atom. The van der Waals surface area contributed by atoms with Crippen LogP contribution in [0.1, 0.15) is 23.9 Å². The highest BCUT2D eigenvalue weighted by atomic mass is 35.5. The van der Waals surface area contributed by atoms with E-state index in [4.69, 9.17) is 22.1 Å². The van der Waals surface area contributed by atoms with E-state index in [-0.39, 0.29) is 30.1 Å². The zero-order valence-corrected chi connectivity index (χ0v) is 18.0. The molecule has 11 heteroatoms. The standard InChI is InChI=1S/C21H24ClFN6O3/c22-15-7-13(1-2-16(15)23)32-11-18-27-20-14(21(31)28-18)3-5-26-17(20)8-25-9-19(30)29-6-4-12(24)10-29/h1-3,5,7,12,21,25,31H,4,6,8-11,24H2,(H,27,28)/t12-,21?/m1/s1. The maximum atomic E-state index is 13.3. The van der Waals surface area contributed by atoms with Gasteiger partial charge in [-0.25, -0.2) is 9.38 Å². The van der Waals surface area contributed by atoms with Crippen molar-refractivity contribution < 1.29 is 19.0 Å². The lowest BCUT2D eigenvalue weighted by atomic mass is 10.1. The van der Waals surface area contributed by atoms with E-state index in [0.29, 0.717) is 48.2 Å². The van der Waals surface area contributed by atoms with Gasteiger partial charge in [0.15, 0.2) is 6.23 Å². The number of nitrogens with two attached hydrogens (primary N) is 1. The summed E-state index contributed by atoms with van der Waals surface area (Å²) in [6, 6.07) is 5.75. The molecule has 5 N–H and O–H groups in total. The minimum Gasteiger partial charge on any atom is -0.486 e. The third kappa shape index (κ3) is 5.16. The molecule has 9 nitrogen and oxygen atoms in total. The number of nitrogens with one attached hydrogen (secondary N) is 2. The molecule has 170 valence electrons. The first-order valence-corrected chi connectivity index (χ1v) is 10.6. The van der Waals surface area contributed by atoms with E-state index >= 15 is 0 Å². The molecule has 2 atom stereocenters. The van der Waals surface area contributed by atoms with Gasteiger partial charge in [0.05, 0.1) is 22.9 Å². The summed E-state index contributed by atoms with van der Waals surface area (Å²) in [5.41, 5.74) is 7.54. The van der Waals surface area contributed by atoms with Crippen molar-refractivity contribution in [3.8, 4) is 5.75 Å². The van der Waals surface area contributed by atoms with Crippen molar-refractivity contribution in [1.29, 1.82) is 0 Å². The van der Waals surface area contributed by atoms with E-state index in [1.807, 2.05) is 0 Å². The van der Waals surface area contributed by atoms with Gasteiger partial charge in [0.25, 0.3) is 0 Å². The molecule has 1 saturated heterocycles. The maximum absolute atomic E-state index is 13.3. The Hall–Kier alpha value is -2.79. The van der Waals surface area contributed by atoms with E-state index in [1.54, 1.807) is 17.2 Å². The molecule has 1 amide bonds. The highest BCUT2D eigenvalue weighted by Crippen LogP contribution is 2.30. The fourth-order valence-corrected chi connectivity index (χ4v) is 3.77. The Balaban J connectivity index is 1.41. The summed E-state index contributed by atoms with van der Waals surface area (Å²) in [7, 11) is 0. The number of benzene rings is 1. The monoisotopic (exact) mass is 462 g/mol. The fraction of sp³-hybridized carbons (Fsp3) is 0.381. The summed E-state index contributed by atoms with van der Waals surface area (Å²) in [5, 5.41) is 16.4. The molecule has 2 aliphatic heterocycles. The molecule has 1 aromatic carbocycles. The van der Waals surface area contributed by atoms with E-state index in [1.165, 1.54) is 18.2 Å². The summed E-state index contributed by atoms with van der Waals surface area (Å²) in [6.45, 7) is 1.71. The van der Waals surface area contributed by atoms with Crippen LogP contribution in [0.25, 0.3) is 0 Å². The lowest BCUT2D eigenvalue weighted by molar-refractivity contribution is -0.129. The number of aliphatic imine (C=N–C) groups is 1. The second kappa shape index (κ2) is 9.78. The van der Waals surface area contributed by atoms with Gasteiger partial charge in [-0.3, -0.25) is 9.78 Å². The number of pyridine rings is 1. The quantitative estimate of drug-likeness (QED) is 0.487. The molecule has 0 saturated carbocycles. The molecule has 1 fully saturated rings. The highest BCUT2D eigenvalue weighted by molar-refractivity contribution is 6.30. The number of aromatic nitrogens is 1. The molecule has 4 rings (SSSR count). The van der Waals surface area contributed by atoms with E-state index in [9.17, 15) is 14.3 Å². The smallest absolute Gasteiger partial charge is 0.236 e. The van der Waals surface area contributed by atoms with Gasteiger partial charge in [-0.2, -0.15) is 0 Å². The van der Waals surface area contributed by atoms with Gasteiger partial charge in [0.2, 0.25) is 5.91 Å². The van der Waals surface area contributed by atoms with Crippen LogP contribution in [0.4, 0.5) is 10.1 Å². The number of halogens is 2. The molecule has 2 aromatic rings. The van der Waals surface area contributed by atoms with Crippen LogP contribution in [0.5, 0.6) is 5.75 Å². The van der Waals surface area contributed by atoms with Crippen LogP contribution in [0, 0.1) is 5.82 Å². The third-order valence-electron chi connectivity index (χ3n) is 5.29. The second-order valence-electron chi connectivity index (χ2n) is 7.66. The number of nitrogens with zero attached hydrogens (tertiary/aromatic N) is 3. The summed E-state index contributed by atoms with van der Waals surface area (Å²) in [5.74, 6) is 0.196. The number of aliphatic hydroxyl groups excluding tert-OH is 1. The Morgan fingerprint density at radius 1 is 1.44 bits per heavy atom. The Kier molecular flexibility index (Phi) is 6.85. The van der Waals surface area contributed by atoms with Crippen molar-refractivity contribution in [2.45, 2.75) is 25.2 Å². The Bertz CT molecular complexity index is 1040. The lowest BCUT2D eigenvalue weighted by Gasteiger charge is -2.24. The number of rotatable bonds is 7. The van der Waals surface area contributed by atoms with Crippen LogP contribution in [0.15, 0.2) is 35.5 Å². The number of likely N-dealkylation sites (tertiary alicyclic amines) is 1. The van der Waals surface area contributed by atoms with Gasteiger partial charge in [0, 0.05) is 43.5 Å². The van der Waals surface area contributed by atoms with Crippen LogP contribution in [0.2, 0.25) is 5.02 Å². The number of amides is 1. The average Bonchev–Trinajstić information content (AvgIpc) is 3.21. The fourth-order valence-electron chi connectivity index (χ4n) is 3.60. The summed E-state index contributed by atoms with van der Waals surface area (Å²) in [6.07, 6.45) is 1.40. The van der Waals surface area contributed by atoms with Crippen molar-refractivity contribution in [2.75, 3.05) is 26.2 Å². The summed E-state index contributed by atoms with van der Waals surface area (Å²) in [4.78, 5) is 22.9. The zero-order chi connectivity index (χ0) is 22.7. The Morgan fingerprint density at radius 2 is 2.28 bits per heavy atom. The summed E-state index contributed by atoms with van der Waals surface area (Å²) < 4.78 is 18.9. The number of amidine groups is 1. The van der Waals surface area contributed by atoms with Crippen LogP contribution in [-0.2, 0) is 11.3 Å². The number of carbonyl (C=O) groups is 1. The predicted octanol–water partition coefficient (Wildman–Crippen LogP) is 1.23. The largest absolute Gasteiger partial charge is 0.486 e. The van der Waals surface area contributed by atoms with Gasteiger partial charge < -0.3 is 31.1 Å². The van der Waals surface area contributed by atoms with Crippen molar-refractivity contribution in [1.82, 2.24) is 20.5 Å². The molecule has 0 bridgehead atoms. The second-order valence-corrected chi connectivity index (χ2v) is 8.06. The normalized spacial score (nSPS) is 19.9. The number of hydrogen-bond donors (Lipinski definition) is 4. The van der Waals surface area contributed by atoms with E-state index in [2.05, 4.69) is 20.6 Å². The number of fused-ring (bicyclic) bond motifs is 1.